The maximum Gasteiger partial charge on any atom is 0.219 e. The van der Waals surface area contributed by atoms with Gasteiger partial charge in [0.25, 0.3) is 0 Å². The van der Waals surface area contributed by atoms with Crippen molar-refractivity contribution in [3.63, 3.8) is 0 Å². The Labute approximate surface area is 108 Å². The molecular weight excluding hydrogens is 210 g/mol. The number of hydrogen-bond donors (Lipinski definition) is 0. The van der Waals surface area contributed by atoms with Crippen molar-refractivity contribution in [3.05, 3.63) is 0 Å². The van der Waals surface area contributed by atoms with Gasteiger partial charge >= 0.3 is 0 Å². The minimum Gasteiger partial charge on any atom is -0.343 e. The summed E-state index contributed by atoms with van der Waals surface area (Å²) >= 11 is 0. The monoisotopic (exact) mass is 241 g/mol. The third kappa shape index (κ3) is 4.33. The highest BCUT2D eigenvalue weighted by Gasteiger charge is 2.43. The van der Waals surface area contributed by atoms with Crippen LogP contribution in [0.15, 0.2) is 0 Å². The molecule has 0 aromatic heterocycles. The van der Waals surface area contributed by atoms with Gasteiger partial charge in [0.15, 0.2) is 0 Å². The Bertz CT molecular complexity index is 209. The molecule has 1 amide bonds. The Morgan fingerprint density at radius 3 is 1.76 bits per heavy atom. The predicted octanol–water partition coefficient (Wildman–Crippen LogP) is 4.10. The van der Waals surface area contributed by atoms with E-state index in [1.807, 2.05) is 32.6 Å². The number of hydrogen-bond acceptors (Lipinski definition) is 1. The minimum atomic E-state index is 0.252. The average Bonchev–Trinajstić information content (AvgIpc) is 2.33. The highest BCUT2D eigenvalue weighted by atomic mass is 16.2. The van der Waals surface area contributed by atoms with Crippen molar-refractivity contribution in [1.29, 1.82) is 0 Å². The van der Waals surface area contributed by atoms with Crippen molar-refractivity contribution in [2.45, 2.75) is 67.2 Å². The zero-order chi connectivity index (χ0) is 13.5. The molecule has 1 spiro atoms. The maximum atomic E-state index is 11.1. The zero-order valence-corrected chi connectivity index (χ0v) is 12.7. The van der Waals surface area contributed by atoms with Gasteiger partial charge in [-0.2, -0.15) is 0 Å². The van der Waals surface area contributed by atoms with E-state index in [1.165, 1.54) is 25.7 Å². The molecule has 1 aliphatic heterocycles. The molecule has 17 heavy (non-hydrogen) atoms. The molecule has 1 aliphatic carbocycles. The molecule has 2 fully saturated rings. The Kier molecular flexibility index (Phi) is 7.49. The van der Waals surface area contributed by atoms with E-state index in [2.05, 4.69) is 6.92 Å². The average molecular weight is 241 g/mol. The van der Waals surface area contributed by atoms with E-state index in [1.54, 1.807) is 6.92 Å². The molecule has 2 nitrogen and oxygen atoms in total. The maximum absolute atomic E-state index is 11.1. The van der Waals surface area contributed by atoms with Crippen LogP contribution in [0.5, 0.6) is 0 Å². The summed E-state index contributed by atoms with van der Waals surface area (Å²) in [6.07, 6.45) is 5.30. The second-order valence-corrected chi connectivity index (χ2v) is 5.02. The van der Waals surface area contributed by atoms with E-state index < -0.39 is 0 Å². The van der Waals surface area contributed by atoms with Gasteiger partial charge in [0.05, 0.1) is 0 Å². The first kappa shape index (κ1) is 16.5. The Morgan fingerprint density at radius 2 is 1.47 bits per heavy atom. The summed E-state index contributed by atoms with van der Waals surface area (Å²) in [5.41, 5.74) is 0.644. The molecule has 2 rings (SSSR count). The first-order valence-electron chi connectivity index (χ1n) is 7.37. The van der Waals surface area contributed by atoms with Crippen LogP contribution in [0.3, 0.4) is 0 Å². The molecule has 1 saturated carbocycles. The fraction of sp³-hybridized carbons (Fsp3) is 0.933. The van der Waals surface area contributed by atoms with Crippen LogP contribution in [0.25, 0.3) is 0 Å². The second-order valence-electron chi connectivity index (χ2n) is 5.02. The van der Waals surface area contributed by atoms with Gasteiger partial charge in [0.1, 0.15) is 0 Å². The molecule has 0 radical (unpaired) electrons. The van der Waals surface area contributed by atoms with E-state index in [9.17, 15) is 4.79 Å². The van der Waals surface area contributed by atoms with Crippen LogP contribution in [0.1, 0.15) is 67.2 Å². The number of rotatable bonds is 0. The van der Waals surface area contributed by atoms with E-state index >= 15 is 0 Å². The molecule has 0 aromatic rings. The van der Waals surface area contributed by atoms with Crippen molar-refractivity contribution in [3.8, 4) is 0 Å². The lowest BCUT2D eigenvalue weighted by molar-refractivity contribution is -0.132. The molecule has 0 N–H and O–H groups in total. The molecule has 0 atom stereocenters. The van der Waals surface area contributed by atoms with Gasteiger partial charge in [0, 0.05) is 20.0 Å². The van der Waals surface area contributed by atoms with Gasteiger partial charge < -0.3 is 4.90 Å². The number of carbonyl (C=O) groups excluding carboxylic acids is 1. The number of likely N-dealkylation sites (tertiary alicyclic amines) is 1. The molecule has 102 valence electrons. The largest absolute Gasteiger partial charge is 0.343 e. The van der Waals surface area contributed by atoms with Gasteiger partial charge in [-0.15, -0.1) is 0 Å². The number of amides is 1. The van der Waals surface area contributed by atoms with Crippen LogP contribution in [0, 0.1) is 11.3 Å². The summed E-state index contributed by atoms with van der Waals surface area (Å²) < 4.78 is 0. The fourth-order valence-corrected chi connectivity index (χ4v) is 3.12. The van der Waals surface area contributed by atoms with Crippen LogP contribution < -0.4 is 0 Å². The Balaban J connectivity index is 0.000000581. The highest BCUT2D eigenvalue weighted by Crippen LogP contribution is 2.52. The van der Waals surface area contributed by atoms with Crippen LogP contribution in [-0.2, 0) is 4.79 Å². The van der Waals surface area contributed by atoms with Crippen molar-refractivity contribution in [1.82, 2.24) is 4.90 Å². The topological polar surface area (TPSA) is 20.3 Å². The molecule has 1 saturated heterocycles. The molecule has 0 aromatic carbocycles. The zero-order valence-electron chi connectivity index (χ0n) is 12.7. The van der Waals surface area contributed by atoms with Crippen molar-refractivity contribution in [2.75, 3.05) is 13.1 Å². The summed E-state index contributed by atoms with van der Waals surface area (Å²) in [5.74, 6) is 1.19. The van der Waals surface area contributed by atoms with Gasteiger partial charge in [-0.1, -0.05) is 34.6 Å². The lowest BCUT2D eigenvalue weighted by atomic mass is 9.58. The quantitative estimate of drug-likeness (QED) is 0.625. The van der Waals surface area contributed by atoms with Crippen LogP contribution in [0.2, 0.25) is 0 Å². The Hall–Kier alpha value is -0.530. The second kappa shape index (κ2) is 7.73. The molecule has 0 unspecified atom stereocenters. The molecule has 2 aliphatic rings. The number of carbonyl (C=O) groups is 1. The summed E-state index contributed by atoms with van der Waals surface area (Å²) in [6, 6.07) is 0. The molecular formula is C15H31NO. The van der Waals surface area contributed by atoms with Gasteiger partial charge in [-0.3, -0.25) is 4.79 Å². The number of piperidine rings is 1. The van der Waals surface area contributed by atoms with Crippen molar-refractivity contribution < 1.29 is 4.79 Å². The van der Waals surface area contributed by atoms with Gasteiger partial charge in [0.2, 0.25) is 5.91 Å². The standard InChI is InChI=1S/C11H19NO.2C2H6/c1-9-7-11(8-9)3-5-12(6-4-11)10(2)13;2*1-2/h9H,3-8H2,1-2H3;2*1-2H3. The highest BCUT2D eigenvalue weighted by molar-refractivity contribution is 5.73. The van der Waals surface area contributed by atoms with E-state index in [4.69, 9.17) is 0 Å². The molecule has 1 heterocycles. The van der Waals surface area contributed by atoms with Crippen LogP contribution >= 0.6 is 0 Å². The number of nitrogens with zero attached hydrogens (tertiary/aromatic N) is 1. The normalized spacial score (nSPS) is 21.6. The lowest BCUT2D eigenvalue weighted by Crippen LogP contribution is -2.47. The molecule has 0 bridgehead atoms. The van der Waals surface area contributed by atoms with Crippen molar-refractivity contribution >= 4 is 5.91 Å². The van der Waals surface area contributed by atoms with Crippen molar-refractivity contribution in [2.24, 2.45) is 11.3 Å². The minimum absolute atomic E-state index is 0.252. The first-order chi connectivity index (χ1) is 8.11. The van der Waals surface area contributed by atoms with Gasteiger partial charge in [-0.05, 0) is 37.0 Å². The fourth-order valence-electron chi connectivity index (χ4n) is 3.12. The van der Waals surface area contributed by atoms with E-state index in [-0.39, 0.29) is 5.91 Å². The predicted molar refractivity (Wildman–Crippen MR) is 75.0 cm³/mol. The van der Waals surface area contributed by atoms with Crippen LogP contribution in [-0.4, -0.2) is 23.9 Å². The lowest BCUT2D eigenvalue weighted by Gasteiger charge is -2.51. The molecule has 2 heteroatoms. The van der Waals surface area contributed by atoms with Crippen LogP contribution in [0.4, 0.5) is 0 Å². The third-order valence-corrected chi connectivity index (χ3v) is 3.83. The first-order valence-corrected chi connectivity index (χ1v) is 7.37. The van der Waals surface area contributed by atoms with Gasteiger partial charge in [-0.25, -0.2) is 0 Å². The summed E-state index contributed by atoms with van der Waals surface area (Å²) in [5, 5.41) is 0. The summed E-state index contributed by atoms with van der Waals surface area (Å²) in [4.78, 5) is 13.1. The SMILES string of the molecule is CC.CC.CC(=O)N1CCC2(CC1)CC(C)C2. The third-order valence-electron chi connectivity index (χ3n) is 3.83. The Morgan fingerprint density at radius 1 is 1.06 bits per heavy atom. The summed E-state index contributed by atoms with van der Waals surface area (Å²) in [6.45, 7) is 14.0. The smallest absolute Gasteiger partial charge is 0.219 e. The summed E-state index contributed by atoms with van der Waals surface area (Å²) in [7, 11) is 0. The van der Waals surface area contributed by atoms with E-state index in [0.29, 0.717) is 5.41 Å². The van der Waals surface area contributed by atoms with E-state index in [0.717, 1.165) is 19.0 Å².